The molecule has 0 bridgehead atoms. The Morgan fingerprint density at radius 1 is 0.696 bits per heavy atom. The van der Waals surface area contributed by atoms with Gasteiger partial charge in [-0.15, -0.1) is 0 Å². The zero-order chi connectivity index (χ0) is 15.8. The Balaban J connectivity index is 2.13. The van der Waals surface area contributed by atoms with Gasteiger partial charge in [0, 0.05) is 36.1 Å². The predicted octanol–water partition coefficient (Wildman–Crippen LogP) is 5.12. The second-order valence-electron chi connectivity index (χ2n) is 5.97. The fraction of sp³-hybridized carbons (Fsp3) is 0.0952. The summed E-state index contributed by atoms with van der Waals surface area (Å²) in [6.07, 6.45) is 0. The van der Waals surface area contributed by atoms with E-state index in [0.29, 0.717) is 0 Å². The van der Waals surface area contributed by atoms with Crippen LogP contribution in [0.4, 0.5) is 5.69 Å². The molecule has 0 saturated heterocycles. The number of benzene rings is 3. The van der Waals surface area contributed by atoms with Crippen LogP contribution in [0.25, 0.3) is 32.9 Å². The molecule has 0 aliphatic heterocycles. The molecule has 23 heavy (non-hydrogen) atoms. The third kappa shape index (κ3) is 2.33. The first-order chi connectivity index (χ1) is 11.2. The minimum atomic E-state index is 1.04. The molecule has 0 saturated carbocycles. The molecule has 0 unspecified atom stereocenters. The summed E-state index contributed by atoms with van der Waals surface area (Å²) in [7, 11) is 4.14. The molecule has 0 aliphatic carbocycles. The van der Waals surface area contributed by atoms with Gasteiger partial charge in [-0.1, -0.05) is 48.5 Å². The van der Waals surface area contributed by atoms with E-state index in [1.165, 1.54) is 27.6 Å². The maximum atomic E-state index is 4.81. The second kappa shape index (κ2) is 5.40. The molecule has 0 N–H and O–H groups in total. The Morgan fingerprint density at radius 2 is 1.30 bits per heavy atom. The Labute approximate surface area is 136 Å². The highest BCUT2D eigenvalue weighted by Crippen LogP contribution is 2.35. The van der Waals surface area contributed by atoms with Gasteiger partial charge in [-0.05, 0) is 29.8 Å². The molecule has 0 radical (unpaired) electrons. The van der Waals surface area contributed by atoms with Crippen molar-refractivity contribution in [2.24, 2.45) is 0 Å². The first-order valence-corrected chi connectivity index (χ1v) is 7.79. The minimum Gasteiger partial charge on any atom is -0.378 e. The van der Waals surface area contributed by atoms with Gasteiger partial charge in [-0.3, -0.25) is 0 Å². The minimum absolute atomic E-state index is 1.04. The quantitative estimate of drug-likeness (QED) is 0.477. The Hall–Kier alpha value is -2.87. The molecule has 0 amide bonds. The van der Waals surface area contributed by atoms with Crippen LogP contribution in [-0.4, -0.2) is 19.1 Å². The Morgan fingerprint density at radius 3 is 1.91 bits per heavy atom. The van der Waals surface area contributed by atoms with E-state index in [2.05, 4.69) is 79.7 Å². The third-order valence-electron chi connectivity index (χ3n) is 4.24. The fourth-order valence-corrected chi connectivity index (χ4v) is 3.09. The molecule has 2 nitrogen and oxygen atoms in total. The van der Waals surface area contributed by atoms with Crippen LogP contribution >= 0.6 is 0 Å². The monoisotopic (exact) mass is 298 g/mol. The summed E-state index contributed by atoms with van der Waals surface area (Å²) in [4.78, 5) is 6.94. The summed E-state index contributed by atoms with van der Waals surface area (Å²) in [5, 5.41) is 2.39. The molecule has 3 aromatic carbocycles. The largest absolute Gasteiger partial charge is 0.378 e. The average molecular weight is 298 g/mol. The van der Waals surface area contributed by atoms with E-state index in [0.717, 1.165) is 11.0 Å². The van der Waals surface area contributed by atoms with Crippen LogP contribution in [0.2, 0.25) is 0 Å². The van der Waals surface area contributed by atoms with E-state index in [4.69, 9.17) is 4.98 Å². The van der Waals surface area contributed by atoms with Crippen molar-refractivity contribution in [1.82, 2.24) is 4.98 Å². The van der Waals surface area contributed by atoms with Crippen molar-refractivity contribution >= 4 is 27.5 Å². The van der Waals surface area contributed by atoms with Gasteiger partial charge in [-0.25, -0.2) is 4.98 Å². The lowest BCUT2D eigenvalue weighted by Crippen LogP contribution is -2.08. The van der Waals surface area contributed by atoms with Gasteiger partial charge in [0.1, 0.15) is 0 Å². The zero-order valence-electron chi connectivity index (χ0n) is 13.3. The lowest BCUT2D eigenvalue weighted by Gasteiger charge is -2.16. The van der Waals surface area contributed by atoms with E-state index in [9.17, 15) is 0 Å². The van der Waals surface area contributed by atoms with Crippen molar-refractivity contribution < 1.29 is 0 Å². The summed E-state index contributed by atoms with van der Waals surface area (Å²) in [5.41, 5.74) is 5.77. The third-order valence-corrected chi connectivity index (χ3v) is 4.24. The van der Waals surface area contributed by atoms with Gasteiger partial charge >= 0.3 is 0 Å². The highest BCUT2D eigenvalue weighted by Gasteiger charge is 2.11. The maximum absolute atomic E-state index is 4.81. The standard InChI is InChI=1S/C21H18N2/c1-23(2)16-9-7-8-15(14-16)21-17-10-3-5-12-19(17)22-20-13-6-4-11-18(20)21/h3-14H,1-2H3. The fourth-order valence-electron chi connectivity index (χ4n) is 3.09. The molecule has 112 valence electrons. The molecule has 2 heteroatoms. The second-order valence-corrected chi connectivity index (χ2v) is 5.97. The van der Waals surface area contributed by atoms with Gasteiger partial charge in [-0.2, -0.15) is 0 Å². The van der Waals surface area contributed by atoms with Gasteiger partial charge in [0.25, 0.3) is 0 Å². The number of hydrogen-bond donors (Lipinski definition) is 0. The molecular formula is C21H18N2. The SMILES string of the molecule is CN(C)c1cccc(-c2c3ccccc3nc3ccccc23)c1. The van der Waals surface area contributed by atoms with Gasteiger partial charge < -0.3 is 4.90 Å². The van der Waals surface area contributed by atoms with Crippen molar-refractivity contribution in [3.05, 3.63) is 72.8 Å². The van der Waals surface area contributed by atoms with Crippen LogP contribution in [0.3, 0.4) is 0 Å². The van der Waals surface area contributed by atoms with Crippen molar-refractivity contribution in [3.8, 4) is 11.1 Å². The van der Waals surface area contributed by atoms with Crippen LogP contribution in [0, 0.1) is 0 Å². The van der Waals surface area contributed by atoms with E-state index in [1.807, 2.05) is 12.1 Å². The smallest absolute Gasteiger partial charge is 0.0715 e. The van der Waals surface area contributed by atoms with Gasteiger partial charge in [0.05, 0.1) is 11.0 Å². The molecule has 1 aromatic heterocycles. The summed E-state index contributed by atoms with van der Waals surface area (Å²) in [6, 6.07) is 25.4. The van der Waals surface area contributed by atoms with Crippen molar-refractivity contribution in [1.29, 1.82) is 0 Å². The van der Waals surface area contributed by atoms with Crippen LogP contribution in [0.5, 0.6) is 0 Å². The molecule has 0 spiro atoms. The van der Waals surface area contributed by atoms with E-state index >= 15 is 0 Å². The summed E-state index contributed by atoms with van der Waals surface area (Å²) >= 11 is 0. The molecule has 0 fully saturated rings. The number of fused-ring (bicyclic) bond motifs is 2. The summed E-state index contributed by atoms with van der Waals surface area (Å²) < 4.78 is 0. The van der Waals surface area contributed by atoms with Crippen molar-refractivity contribution in [3.63, 3.8) is 0 Å². The van der Waals surface area contributed by atoms with Crippen LogP contribution in [0.1, 0.15) is 0 Å². The van der Waals surface area contributed by atoms with Crippen LogP contribution in [-0.2, 0) is 0 Å². The topological polar surface area (TPSA) is 16.1 Å². The molecule has 4 rings (SSSR count). The number of aromatic nitrogens is 1. The Kier molecular flexibility index (Phi) is 3.23. The van der Waals surface area contributed by atoms with Gasteiger partial charge in [0.15, 0.2) is 0 Å². The molecule has 1 heterocycles. The lowest BCUT2D eigenvalue weighted by atomic mass is 9.96. The average Bonchev–Trinajstić information content (AvgIpc) is 2.59. The zero-order valence-corrected chi connectivity index (χ0v) is 13.3. The first kappa shape index (κ1) is 13.8. The number of rotatable bonds is 2. The highest BCUT2D eigenvalue weighted by molar-refractivity contribution is 6.09. The molecule has 0 atom stereocenters. The number of para-hydroxylation sites is 2. The predicted molar refractivity (Wildman–Crippen MR) is 99.0 cm³/mol. The van der Waals surface area contributed by atoms with Crippen molar-refractivity contribution in [2.45, 2.75) is 0 Å². The normalized spacial score (nSPS) is 11.0. The first-order valence-electron chi connectivity index (χ1n) is 7.79. The van der Waals surface area contributed by atoms with E-state index < -0.39 is 0 Å². The molecule has 0 aliphatic rings. The lowest BCUT2D eigenvalue weighted by molar-refractivity contribution is 1.13. The van der Waals surface area contributed by atoms with Gasteiger partial charge in [0.2, 0.25) is 0 Å². The number of nitrogens with zero attached hydrogens (tertiary/aromatic N) is 2. The Bertz CT molecular complexity index is 949. The van der Waals surface area contributed by atoms with E-state index in [-0.39, 0.29) is 0 Å². The van der Waals surface area contributed by atoms with Crippen molar-refractivity contribution in [2.75, 3.05) is 19.0 Å². The molecular weight excluding hydrogens is 280 g/mol. The van der Waals surface area contributed by atoms with E-state index in [1.54, 1.807) is 0 Å². The van der Waals surface area contributed by atoms with Crippen LogP contribution in [0.15, 0.2) is 72.8 Å². The molecule has 4 aromatic rings. The maximum Gasteiger partial charge on any atom is 0.0715 e. The summed E-state index contributed by atoms with van der Waals surface area (Å²) in [5.74, 6) is 0. The number of anilines is 1. The summed E-state index contributed by atoms with van der Waals surface area (Å²) in [6.45, 7) is 0. The number of pyridine rings is 1. The van der Waals surface area contributed by atoms with Crippen LogP contribution < -0.4 is 4.90 Å². The number of hydrogen-bond acceptors (Lipinski definition) is 2. The highest BCUT2D eigenvalue weighted by atomic mass is 15.1.